The maximum atomic E-state index is 11.8. The molecule has 0 saturated heterocycles. The van der Waals surface area contributed by atoms with Crippen LogP contribution in [-0.2, 0) is 0 Å². The van der Waals surface area contributed by atoms with E-state index in [1.54, 1.807) is 30.1 Å². The van der Waals surface area contributed by atoms with Crippen molar-refractivity contribution in [2.24, 2.45) is 0 Å². The number of anilines is 1. The third-order valence-corrected chi connectivity index (χ3v) is 3.51. The molecule has 21 heavy (non-hydrogen) atoms. The number of rotatable bonds is 3. The Kier molecular flexibility index (Phi) is 5.53. The first kappa shape index (κ1) is 15.3. The third-order valence-electron chi connectivity index (χ3n) is 2.56. The van der Waals surface area contributed by atoms with Gasteiger partial charge in [-0.3, -0.25) is 20.6 Å². The Morgan fingerprint density at radius 3 is 2.57 bits per heavy atom. The molecule has 5 nitrogen and oxygen atoms in total. The minimum atomic E-state index is -0.301. The minimum absolute atomic E-state index is 0.301. The van der Waals surface area contributed by atoms with Crippen molar-refractivity contribution in [3.05, 3.63) is 54.4 Å². The van der Waals surface area contributed by atoms with Gasteiger partial charge < -0.3 is 5.32 Å². The summed E-state index contributed by atoms with van der Waals surface area (Å²) in [5, 5.41) is 3.29. The second-order valence-corrected chi connectivity index (χ2v) is 5.29. The van der Waals surface area contributed by atoms with Gasteiger partial charge >= 0.3 is 0 Å². The molecule has 1 aromatic heterocycles. The average Bonchev–Trinajstić information content (AvgIpc) is 2.54. The van der Waals surface area contributed by atoms with E-state index in [9.17, 15) is 4.79 Å². The Balaban J connectivity index is 1.83. The molecule has 0 bridgehead atoms. The van der Waals surface area contributed by atoms with Crippen molar-refractivity contribution in [3.63, 3.8) is 0 Å². The van der Waals surface area contributed by atoms with Crippen LogP contribution in [0, 0.1) is 0 Å². The summed E-state index contributed by atoms with van der Waals surface area (Å²) in [5.74, 6) is -0.301. The largest absolute Gasteiger partial charge is 0.331 e. The summed E-state index contributed by atoms with van der Waals surface area (Å²) in [6.07, 6.45) is 5.10. The molecule has 0 aliphatic carbocycles. The van der Waals surface area contributed by atoms with Crippen molar-refractivity contribution in [2.45, 2.75) is 4.90 Å². The molecule has 0 aliphatic rings. The molecule has 0 saturated carbocycles. The molecule has 1 aromatic carbocycles. The van der Waals surface area contributed by atoms with Gasteiger partial charge in [-0.25, -0.2) is 0 Å². The first-order chi connectivity index (χ1) is 10.2. The van der Waals surface area contributed by atoms with Gasteiger partial charge in [-0.1, -0.05) is 0 Å². The molecular weight excluding hydrogens is 304 g/mol. The maximum absolute atomic E-state index is 11.8. The van der Waals surface area contributed by atoms with Gasteiger partial charge in [-0.2, -0.15) is 0 Å². The Hall–Kier alpha value is -2.12. The number of hydrazine groups is 1. The number of carbonyl (C=O) groups is 1. The molecule has 0 atom stereocenters. The van der Waals surface area contributed by atoms with E-state index in [2.05, 4.69) is 21.2 Å². The molecule has 2 rings (SSSR count). The van der Waals surface area contributed by atoms with E-state index in [-0.39, 0.29) is 5.91 Å². The van der Waals surface area contributed by atoms with Crippen LogP contribution in [0.1, 0.15) is 10.4 Å². The van der Waals surface area contributed by atoms with Crippen molar-refractivity contribution in [1.29, 1.82) is 0 Å². The topological polar surface area (TPSA) is 66.0 Å². The number of carbonyl (C=O) groups excluding carboxylic acids is 1. The summed E-state index contributed by atoms with van der Waals surface area (Å²) in [7, 11) is 0. The lowest BCUT2D eigenvalue weighted by molar-refractivity contribution is 0.0944. The number of thiocarbonyl (C=S) groups is 1. The lowest BCUT2D eigenvalue weighted by atomic mass is 10.3. The smallest absolute Gasteiger partial charge is 0.271 e. The van der Waals surface area contributed by atoms with Crippen molar-refractivity contribution in [3.8, 4) is 0 Å². The molecule has 0 aliphatic heterocycles. The third kappa shape index (κ3) is 4.73. The number of amides is 1. The standard InChI is InChI=1S/C14H14N4OS2/c1-21-12-6-4-11(5-7-12)16-14(20)18-17-13(19)10-3-2-8-15-9-10/h2-9H,1H3,(H,17,19)(H2,16,18,20). The number of pyridine rings is 1. The van der Waals surface area contributed by atoms with Crippen LogP contribution in [0.5, 0.6) is 0 Å². The summed E-state index contributed by atoms with van der Waals surface area (Å²) >= 11 is 6.78. The zero-order valence-corrected chi connectivity index (χ0v) is 12.9. The van der Waals surface area contributed by atoms with Crippen LogP contribution in [0.2, 0.25) is 0 Å². The Morgan fingerprint density at radius 1 is 1.19 bits per heavy atom. The highest BCUT2D eigenvalue weighted by atomic mass is 32.2. The number of nitrogens with zero attached hydrogens (tertiary/aromatic N) is 1. The van der Waals surface area contributed by atoms with Crippen LogP contribution in [0.3, 0.4) is 0 Å². The van der Waals surface area contributed by atoms with E-state index in [0.717, 1.165) is 5.69 Å². The van der Waals surface area contributed by atoms with E-state index in [1.165, 1.54) is 11.1 Å². The van der Waals surface area contributed by atoms with Gasteiger partial charge in [0, 0.05) is 23.0 Å². The number of hydrogen-bond acceptors (Lipinski definition) is 4. The van der Waals surface area contributed by atoms with Crippen LogP contribution < -0.4 is 16.2 Å². The van der Waals surface area contributed by atoms with E-state index >= 15 is 0 Å². The molecule has 0 fully saturated rings. The SMILES string of the molecule is CSc1ccc(NC(=S)NNC(=O)c2cccnc2)cc1. The monoisotopic (exact) mass is 318 g/mol. The summed E-state index contributed by atoms with van der Waals surface area (Å²) in [5.41, 5.74) is 6.45. The lowest BCUT2D eigenvalue weighted by Crippen LogP contribution is -2.43. The first-order valence-corrected chi connectivity index (χ1v) is 7.74. The normalized spacial score (nSPS) is 9.76. The Bertz CT molecular complexity index is 617. The van der Waals surface area contributed by atoms with E-state index in [4.69, 9.17) is 12.2 Å². The van der Waals surface area contributed by atoms with Crippen LogP contribution in [0.4, 0.5) is 5.69 Å². The van der Waals surface area contributed by atoms with Crippen LogP contribution in [0.25, 0.3) is 0 Å². The molecule has 0 radical (unpaired) electrons. The van der Waals surface area contributed by atoms with Gasteiger partial charge in [-0.15, -0.1) is 11.8 Å². The van der Waals surface area contributed by atoms with Crippen LogP contribution >= 0.6 is 24.0 Å². The number of benzene rings is 1. The molecule has 7 heteroatoms. The number of aromatic nitrogens is 1. The molecule has 0 spiro atoms. The maximum Gasteiger partial charge on any atom is 0.271 e. The fraction of sp³-hybridized carbons (Fsp3) is 0.0714. The lowest BCUT2D eigenvalue weighted by Gasteiger charge is -2.11. The number of hydrogen-bond donors (Lipinski definition) is 3. The van der Waals surface area contributed by atoms with Gasteiger partial charge in [0.1, 0.15) is 0 Å². The second-order valence-electron chi connectivity index (χ2n) is 4.00. The zero-order chi connectivity index (χ0) is 15.1. The van der Waals surface area contributed by atoms with Crippen molar-refractivity contribution in [2.75, 3.05) is 11.6 Å². The van der Waals surface area contributed by atoms with E-state index < -0.39 is 0 Å². The minimum Gasteiger partial charge on any atom is -0.331 e. The quantitative estimate of drug-likeness (QED) is 0.459. The fourth-order valence-electron chi connectivity index (χ4n) is 1.52. The second kappa shape index (κ2) is 7.61. The summed E-state index contributed by atoms with van der Waals surface area (Å²) in [6, 6.07) is 11.2. The molecular formula is C14H14N4OS2. The van der Waals surface area contributed by atoms with Crippen molar-refractivity contribution < 1.29 is 4.79 Å². The summed E-state index contributed by atoms with van der Waals surface area (Å²) in [4.78, 5) is 16.8. The number of nitrogens with one attached hydrogen (secondary N) is 3. The molecule has 3 N–H and O–H groups in total. The molecule has 1 amide bonds. The Labute approximate surface area is 132 Å². The summed E-state index contributed by atoms with van der Waals surface area (Å²) in [6.45, 7) is 0. The van der Waals surface area contributed by atoms with Crippen molar-refractivity contribution >= 4 is 40.7 Å². The highest BCUT2D eigenvalue weighted by Gasteiger charge is 2.05. The molecule has 0 unspecified atom stereocenters. The highest BCUT2D eigenvalue weighted by molar-refractivity contribution is 7.98. The number of thioether (sulfide) groups is 1. The predicted molar refractivity (Wildman–Crippen MR) is 89.3 cm³/mol. The molecule has 2 aromatic rings. The van der Waals surface area contributed by atoms with Crippen LogP contribution in [-0.4, -0.2) is 22.3 Å². The van der Waals surface area contributed by atoms with Gasteiger partial charge in [0.2, 0.25) is 0 Å². The van der Waals surface area contributed by atoms with E-state index in [1.807, 2.05) is 30.5 Å². The van der Waals surface area contributed by atoms with Gasteiger partial charge in [0.05, 0.1) is 5.56 Å². The molecule has 108 valence electrons. The first-order valence-electron chi connectivity index (χ1n) is 6.10. The van der Waals surface area contributed by atoms with Crippen molar-refractivity contribution in [1.82, 2.24) is 15.8 Å². The summed E-state index contributed by atoms with van der Waals surface area (Å²) < 4.78 is 0. The predicted octanol–water partition coefficient (Wildman–Crippen LogP) is 2.43. The molecule has 1 heterocycles. The van der Waals surface area contributed by atoms with Gasteiger partial charge in [0.15, 0.2) is 5.11 Å². The Morgan fingerprint density at radius 2 is 1.95 bits per heavy atom. The van der Waals surface area contributed by atoms with Gasteiger partial charge in [0.25, 0.3) is 5.91 Å². The van der Waals surface area contributed by atoms with Gasteiger partial charge in [-0.05, 0) is 54.9 Å². The van der Waals surface area contributed by atoms with E-state index in [0.29, 0.717) is 10.7 Å². The van der Waals surface area contributed by atoms with Crippen LogP contribution in [0.15, 0.2) is 53.7 Å². The average molecular weight is 318 g/mol. The highest BCUT2D eigenvalue weighted by Crippen LogP contribution is 2.17. The zero-order valence-electron chi connectivity index (χ0n) is 11.3. The fourth-order valence-corrected chi connectivity index (χ4v) is 2.10.